The number of benzene rings is 2. The number of alkyl halides is 3. The second-order valence-electron chi connectivity index (χ2n) is 8.49. The molecule has 2 aromatic rings. The first-order valence-electron chi connectivity index (χ1n) is 11.5. The highest BCUT2D eigenvalue weighted by Gasteiger charge is 2.33. The number of rotatable bonds is 8. The number of para-hydroxylation sites is 1. The van der Waals surface area contributed by atoms with E-state index in [0.29, 0.717) is 18.8 Å². The number of hydrogen-bond acceptors (Lipinski definition) is 6. The number of nitrogens with zero attached hydrogens (tertiary/aromatic N) is 3. The summed E-state index contributed by atoms with van der Waals surface area (Å²) in [7, 11) is 0. The molecule has 0 aliphatic carbocycles. The van der Waals surface area contributed by atoms with Crippen molar-refractivity contribution < 1.29 is 18.0 Å². The molecule has 10 heteroatoms. The van der Waals surface area contributed by atoms with Crippen LogP contribution in [-0.4, -0.2) is 74.6 Å². The van der Waals surface area contributed by atoms with E-state index in [1.165, 1.54) is 23.9 Å². The van der Waals surface area contributed by atoms with Crippen molar-refractivity contribution in [3.05, 3.63) is 48.0 Å². The average molecular weight is 494 g/mol. The molecule has 3 N–H and O–H groups in total. The first-order chi connectivity index (χ1) is 16.3. The fourth-order valence-corrected chi connectivity index (χ4v) is 5.44. The van der Waals surface area contributed by atoms with Gasteiger partial charge in [0.1, 0.15) is 0 Å². The van der Waals surface area contributed by atoms with E-state index in [9.17, 15) is 18.0 Å². The quantitative estimate of drug-likeness (QED) is 0.588. The summed E-state index contributed by atoms with van der Waals surface area (Å²) in [6.45, 7) is 6.68. The molecule has 0 saturated carbocycles. The Morgan fingerprint density at radius 3 is 2.32 bits per heavy atom. The Morgan fingerprint density at radius 1 is 0.941 bits per heavy atom. The maximum atomic E-state index is 13.4. The number of hydrogen-bond donors (Lipinski definition) is 2. The van der Waals surface area contributed by atoms with Crippen LogP contribution in [-0.2, 0) is 11.0 Å². The molecule has 0 aromatic heterocycles. The molecular formula is C24H30F3N5OS. The summed E-state index contributed by atoms with van der Waals surface area (Å²) in [5, 5.41) is 2.79. The largest absolute Gasteiger partial charge is 0.416 e. The number of anilines is 2. The van der Waals surface area contributed by atoms with Crippen LogP contribution in [0.5, 0.6) is 0 Å². The minimum absolute atomic E-state index is 0.00987. The molecule has 2 aromatic carbocycles. The zero-order valence-electron chi connectivity index (χ0n) is 19.0. The molecule has 0 atom stereocenters. The van der Waals surface area contributed by atoms with E-state index in [2.05, 4.69) is 15.1 Å². The van der Waals surface area contributed by atoms with Crippen LogP contribution in [0.3, 0.4) is 0 Å². The summed E-state index contributed by atoms with van der Waals surface area (Å²) >= 11 is 1.52. The lowest BCUT2D eigenvalue weighted by Crippen LogP contribution is -2.49. The number of piperazine rings is 1. The Hall–Kier alpha value is -2.27. The van der Waals surface area contributed by atoms with Crippen molar-refractivity contribution in [1.82, 2.24) is 15.1 Å². The number of halogens is 3. The van der Waals surface area contributed by atoms with Gasteiger partial charge in [-0.2, -0.15) is 13.2 Å². The zero-order chi connectivity index (χ0) is 24.1. The second kappa shape index (κ2) is 11.0. The fourth-order valence-electron chi connectivity index (χ4n) is 4.36. The average Bonchev–Trinajstić information content (AvgIpc) is 2.83. The van der Waals surface area contributed by atoms with Crippen LogP contribution in [0.15, 0.2) is 52.3 Å². The van der Waals surface area contributed by atoms with Crippen molar-refractivity contribution in [1.29, 1.82) is 0 Å². The minimum Gasteiger partial charge on any atom is -0.354 e. The Kier molecular flexibility index (Phi) is 8.02. The van der Waals surface area contributed by atoms with Crippen LogP contribution < -0.4 is 16.0 Å². The number of carbonyl (C=O) groups is 1. The Morgan fingerprint density at radius 2 is 1.62 bits per heavy atom. The molecule has 34 heavy (non-hydrogen) atoms. The number of nitrogens with one attached hydrogen (secondary N) is 1. The number of carbonyl (C=O) groups excluding carboxylic acids is 1. The highest BCUT2D eigenvalue weighted by molar-refractivity contribution is 7.99. The highest BCUT2D eigenvalue weighted by Crippen LogP contribution is 2.49. The van der Waals surface area contributed by atoms with Gasteiger partial charge in [-0.3, -0.25) is 9.69 Å². The molecule has 0 radical (unpaired) electrons. The van der Waals surface area contributed by atoms with E-state index in [4.69, 9.17) is 5.73 Å². The van der Waals surface area contributed by atoms with Crippen LogP contribution in [0.4, 0.5) is 24.5 Å². The number of fused-ring (bicyclic) bond motifs is 2. The van der Waals surface area contributed by atoms with E-state index in [-0.39, 0.29) is 12.5 Å². The normalized spacial score (nSPS) is 16.8. The van der Waals surface area contributed by atoms with Gasteiger partial charge >= 0.3 is 6.18 Å². The summed E-state index contributed by atoms with van der Waals surface area (Å²) in [4.78, 5) is 19.9. The van der Waals surface area contributed by atoms with E-state index in [1.807, 2.05) is 29.2 Å². The first-order valence-corrected chi connectivity index (χ1v) is 12.3. The molecular weight excluding hydrogens is 463 g/mol. The van der Waals surface area contributed by atoms with E-state index in [0.717, 1.165) is 61.2 Å². The molecule has 184 valence electrons. The van der Waals surface area contributed by atoms with Gasteiger partial charge in [-0.25, -0.2) is 0 Å². The minimum atomic E-state index is -4.37. The first kappa shape index (κ1) is 24.8. The topological polar surface area (TPSA) is 64.8 Å². The fraction of sp³-hybridized carbons (Fsp3) is 0.458. The predicted octanol–water partition coefficient (Wildman–Crippen LogP) is 3.39. The van der Waals surface area contributed by atoms with Gasteiger partial charge in [-0.1, -0.05) is 23.9 Å². The summed E-state index contributed by atoms with van der Waals surface area (Å²) < 4.78 is 40.1. The van der Waals surface area contributed by atoms with Crippen LogP contribution in [0.2, 0.25) is 0 Å². The second-order valence-corrected chi connectivity index (χ2v) is 9.58. The molecule has 2 heterocycles. The molecule has 2 aliphatic rings. The van der Waals surface area contributed by atoms with Gasteiger partial charge in [0, 0.05) is 55.6 Å². The standard InChI is InChI=1S/C24H30F3N5OS/c25-24(26,27)18-6-7-22-20(16-18)32(19-4-1-2-5-21(19)34-22)10-3-9-30-12-14-31(15-13-30)11-8-29-23(33)17-28/h1-2,4-7,16H,3,8-15,17,28H2,(H,29,33). The smallest absolute Gasteiger partial charge is 0.354 e. The van der Waals surface area contributed by atoms with Crippen molar-refractivity contribution in [2.24, 2.45) is 5.73 Å². The van der Waals surface area contributed by atoms with Crippen molar-refractivity contribution in [3.8, 4) is 0 Å². The monoisotopic (exact) mass is 493 g/mol. The summed E-state index contributed by atoms with van der Waals surface area (Å²) in [6, 6.07) is 11.9. The van der Waals surface area contributed by atoms with Crippen LogP contribution >= 0.6 is 11.8 Å². The van der Waals surface area contributed by atoms with Crippen molar-refractivity contribution in [2.75, 3.05) is 63.8 Å². The lowest BCUT2D eigenvalue weighted by Gasteiger charge is -2.36. The number of nitrogens with two attached hydrogens (primary N) is 1. The molecule has 0 spiro atoms. The lowest BCUT2D eigenvalue weighted by atomic mass is 10.1. The third-order valence-electron chi connectivity index (χ3n) is 6.21. The third kappa shape index (κ3) is 6.04. The molecule has 1 fully saturated rings. The molecule has 0 bridgehead atoms. The zero-order valence-corrected chi connectivity index (χ0v) is 19.8. The van der Waals surface area contributed by atoms with Crippen LogP contribution in [0.25, 0.3) is 0 Å². The Bertz CT molecular complexity index is 995. The SMILES string of the molecule is NCC(=O)NCCN1CCN(CCCN2c3ccccc3Sc3ccc(C(F)(F)F)cc32)CC1. The van der Waals surface area contributed by atoms with Crippen molar-refractivity contribution in [3.63, 3.8) is 0 Å². The maximum absolute atomic E-state index is 13.4. The van der Waals surface area contributed by atoms with Gasteiger partial charge in [-0.15, -0.1) is 0 Å². The van der Waals surface area contributed by atoms with Gasteiger partial charge in [-0.05, 0) is 43.3 Å². The summed E-state index contributed by atoms with van der Waals surface area (Å²) in [5.74, 6) is -0.139. The molecule has 2 aliphatic heterocycles. The summed E-state index contributed by atoms with van der Waals surface area (Å²) in [5.41, 5.74) is 6.28. The molecule has 1 amide bonds. The molecule has 1 saturated heterocycles. The van der Waals surface area contributed by atoms with Gasteiger partial charge < -0.3 is 20.9 Å². The van der Waals surface area contributed by atoms with Gasteiger partial charge in [0.25, 0.3) is 0 Å². The van der Waals surface area contributed by atoms with Crippen molar-refractivity contribution >= 4 is 29.0 Å². The molecule has 6 nitrogen and oxygen atoms in total. The third-order valence-corrected chi connectivity index (χ3v) is 7.34. The van der Waals surface area contributed by atoms with Gasteiger partial charge in [0.05, 0.1) is 23.5 Å². The predicted molar refractivity (Wildman–Crippen MR) is 129 cm³/mol. The van der Waals surface area contributed by atoms with E-state index in [1.54, 1.807) is 6.07 Å². The lowest BCUT2D eigenvalue weighted by molar-refractivity contribution is -0.137. The van der Waals surface area contributed by atoms with Gasteiger partial charge in [0.15, 0.2) is 0 Å². The van der Waals surface area contributed by atoms with Crippen LogP contribution in [0.1, 0.15) is 12.0 Å². The number of amides is 1. The van der Waals surface area contributed by atoms with Crippen LogP contribution in [0, 0.1) is 0 Å². The molecule has 0 unspecified atom stereocenters. The maximum Gasteiger partial charge on any atom is 0.416 e. The Labute approximate surface area is 202 Å². The Balaban J connectivity index is 1.34. The summed E-state index contributed by atoms with van der Waals surface area (Å²) in [6.07, 6.45) is -3.52. The van der Waals surface area contributed by atoms with Gasteiger partial charge in [0.2, 0.25) is 5.91 Å². The van der Waals surface area contributed by atoms with Crippen molar-refractivity contribution in [2.45, 2.75) is 22.4 Å². The van der Waals surface area contributed by atoms with E-state index < -0.39 is 11.7 Å². The highest BCUT2D eigenvalue weighted by atomic mass is 32.2. The van der Waals surface area contributed by atoms with E-state index >= 15 is 0 Å². The molecule has 4 rings (SSSR count).